The summed E-state index contributed by atoms with van der Waals surface area (Å²) in [5.41, 5.74) is 0.187. The summed E-state index contributed by atoms with van der Waals surface area (Å²) < 4.78 is 24.6. The molecule has 0 bridgehead atoms. The molecule has 9 heteroatoms. The summed E-state index contributed by atoms with van der Waals surface area (Å²) in [6.07, 6.45) is 3.23. The minimum absolute atomic E-state index is 0.00424. The lowest BCUT2D eigenvalue weighted by atomic mass is 10.3. The Labute approximate surface area is 165 Å². The van der Waals surface area contributed by atoms with Gasteiger partial charge in [-0.15, -0.1) is 0 Å². The summed E-state index contributed by atoms with van der Waals surface area (Å²) in [6, 6.07) is 0. The number of allylic oxidation sites excluding steroid dienone is 1. The predicted molar refractivity (Wildman–Crippen MR) is 101 cm³/mol. The molecule has 0 rings (SSSR count). The van der Waals surface area contributed by atoms with Gasteiger partial charge in [-0.25, -0.2) is 9.59 Å². The van der Waals surface area contributed by atoms with Crippen LogP contribution in [0.4, 0.5) is 4.79 Å². The lowest BCUT2D eigenvalue weighted by molar-refractivity contribution is -0.151. The van der Waals surface area contributed by atoms with Crippen molar-refractivity contribution in [2.45, 2.75) is 26.4 Å². The molecule has 0 aliphatic carbocycles. The van der Waals surface area contributed by atoms with Gasteiger partial charge in [0.2, 0.25) is 0 Å². The van der Waals surface area contributed by atoms with Gasteiger partial charge in [0.1, 0.15) is 19.8 Å². The molecule has 9 nitrogen and oxygen atoms in total. The summed E-state index contributed by atoms with van der Waals surface area (Å²) in [6.45, 7) is 10.4. The highest BCUT2D eigenvalue weighted by molar-refractivity contribution is 5.86. The van der Waals surface area contributed by atoms with Gasteiger partial charge in [-0.05, 0) is 26.2 Å². The van der Waals surface area contributed by atoms with Crippen LogP contribution < -0.4 is 0 Å². The Balaban J connectivity index is 4.57. The quantitative estimate of drug-likeness (QED) is 0.188. The normalized spacial score (nSPS) is 11.4. The van der Waals surface area contributed by atoms with Gasteiger partial charge >= 0.3 is 18.1 Å². The molecular weight excluding hydrogens is 370 g/mol. The highest BCUT2D eigenvalue weighted by Crippen LogP contribution is 2.03. The molecule has 0 spiro atoms. The van der Waals surface area contributed by atoms with Gasteiger partial charge in [0.25, 0.3) is 0 Å². The summed E-state index contributed by atoms with van der Waals surface area (Å²) >= 11 is 0. The Hall–Kier alpha value is -2.81. The molecule has 0 aromatic rings. The summed E-state index contributed by atoms with van der Waals surface area (Å²) in [5.74, 6) is -1.16. The zero-order valence-electron chi connectivity index (χ0n) is 16.7. The predicted octanol–water partition coefficient (Wildman–Crippen LogP) is 2.19. The summed E-state index contributed by atoms with van der Waals surface area (Å²) in [7, 11) is 1.46. The third-order valence-electron chi connectivity index (χ3n) is 3.10. The molecule has 0 saturated heterocycles. The van der Waals surface area contributed by atoms with Crippen LogP contribution in [0.3, 0.4) is 0 Å². The molecule has 158 valence electrons. The fraction of sp³-hybridized carbons (Fsp3) is 0.526. The highest BCUT2D eigenvalue weighted by Gasteiger charge is 2.20. The standard InChI is InChI=1S/C19H29NO8/c1-6-9-20(7-2)10-8-17(21)26-13-16(14-27-18(22)15(3)4)28-19(23)25-12-11-24-5/h6-7,9,16H,2-3,8,10-14H2,1,4-5H3/b9-6-. The molecule has 28 heavy (non-hydrogen) atoms. The van der Waals surface area contributed by atoms with Crippen LogP contribution in [0.2, 0.25) is 0 Å². The Morgan fingerprint density at radius 1 is 1.11 bits per heavy atom. The minimum Gasteiger partial charge on any atom is -0.462 e. The number of esters is 2. The van der Waals surface area contributed by atoms with Gasteiger partial charge in [-0.1, -0.05) is 19.2 Å². The van der Waals surface area contributed by atoms with E-state index in [4.69, 9.17) is 23.7 Å². The summed E-state index contributed by atoms with van der Waals surface area (Å²) in [4.78, 5) is 36.8. The largest absolute Gasteiger partial charge is 0.508 e. The number of hydrogen-bond donors (Lipinski definition) is 0. The van der Waals surface area contributed by atoms with Crippen LogP contribution in [-0.4, -0.2) is 69.2 Å². The average molecular weight is 399 g/mol. The van der Waals surface area contributed by atoms with E-state index in [0.29, 0.717) is 6.54 Å². The Bertz CT molecular complexity index is 558. The van der Waals surface area contributed by atoms with Crippen LogP contribution in [0, 0.1) is 0 Å². The van der Waals surface area contributed by atoms with Crippen LogP contribution in [0.1, 0.15) is 20.3 Å². The number of ether oxygens (including phenoxy) is 5. The number of rotatable bonds is 14. The molecule has 0 radical (unpaired) electrons. The first-order valence-corrected chi connectivity index (χ1v) is 8.65. The topological polar surface area (TPSA) is 101 Å². The average Bonchev–Trinajstić information content (AvgIpc) is 2.66. The van der Waals surface area contributed by atoms with Gasteiger partial charge < -0.3 is 28.6 Å². The third-order valence-corrected chi connectivity index (χ3v) is 3.10. The first-order chi connectivity index (χ1) is 13.3. The second-order valence-corrected chi connectivity index (χ2v) is 5.55. The van der Waals surface area contributed by atoms with Crippen LogP contribution in [0.5, 0.6) is 0 Å². The third kappa shape index (κ3) is 12.5. The molecule has 0 N–H and O–H groups in total. The van der Waals surface area contributed by atoms with Gasteiger partial charge in [0.05, 0.1) is 13.0 Å². The fourth-order valence-electron chi connectivity index (χ4n) is 1.68. The van der Waals surface area contributed by atoms with Crippen molar-refractivity contribution in [3.63, 3.8) is 0 Å². The fourth-order valence-corrected chi connectivity index (χ4v) is 1.68. The van der Waals surface area contributed by atoms with E-state index in [-0.39, 0.29) is 38.4 Å². The number of carbonyl (C=O) groups excluding carboxylic acids is 3. The molecule has 0 aliphatic rings. The van der Waals surface area contributed by atoms with Crippen molar-refractivity contribution in [1.29, 1.82) is 0 Å². The molecule has 0 aliphatic heterocycles. The van der Waals surface area contributed by atoms with E-state index >= 15 is 0 Å². The molecule has 1 atom stereocenters. The Kier molecular flexibility index (Phi) is 13.7. The van der Waals surface area contributed by atoms with Gasteiger partial charge in [-0.3, -0.25) is 4.79 Å². The van der Waals surface area contributed by atoms with Crippen molar-refractivity contribution < 1.29 is 38.1 Å². The van der Waals surface area contributed by atoms with Crippen LogP contribution in [0.25, 0.3) is 0 Å². The molecule has 0 aromatic heterocycles. The SMILES string of the molecule is C=CN(/C=C\C)CCC(=O)OCC(COC(=O)C(=C)C)OC(=O)OCCOC. The molecule has 1 unspecified atom stereocenters. The lowest BCUT2D eigenvalue weighted by Gasteiger charge is -2.18. The molecule has 0 fully saturated rings. The van der Waals surface area contributed by atoms with Gasteiger partial charge in [0.15, 0.2) is 6.10 Å². The molecule has 0 aromatic carbocycles. The Morgan fingerprint density at radius 2 is 1.79 bits per heavy atom. The molecule has 0 heterocycles. The maximum absolute atomic E-state index is 11.9. The zero-order valence-corrected chi connectivity index (χ0v) is 16.7. The van der Waals surface area contributed by atoms with E-state index in [1.807, 2.05) is 13.0 Å². The van der Waals surface area contributed by atoms with E-state index in [2.05, 4.69) is 13.2 Å². The zero-order chi connectivity index (χ0) is 21.4. The van der Waals surface area contributed by atoms with Crippen molar-refractivity contribution in [3.05, 3.63) is 37.2 Å². The van der Waals surface area contributed by atoms with Crippen LogP contribution in [0.15, 0.2) is 37.2 Å². The maximum Gasteiger partial charge on any atom is 0.508 e. The second-order valence-electron chi connectivity index (χ2n) is 5.55. The number of hydrogen-bond acceptors (Lipinski definition) is 9. The Morgan fingerprint density at radius 3 is 2.36 bits per heavy atom. The van der Waals surface area contributed by atoms with E-state index in [9.17, 15) is 14.4 Å². The van der Waals surface area contributed by atoms with Crippen molar-refractivity contribution in [2.24, 2.45) is 0 Å². The highest BCUT2D eigenvalue weighted by atomic mass is 16.7. The minimum atomic E-state index is -1.02. The number of methoxy groups -OCH3 is 1. The second kappa shape index (κ2) is 15.3. The lowest BCUT2D eigenvalue weighted by Crippen LogP contribution is -2.32. The summed E-state index contributed by atoms with van der Waals surface area (Å²) in [5, 5.41) is 0. The van der Waals surface area contributed by atoms with Crippen molar-refractivity contribution in [2.75, 3.05) is 40.1 Å². The van der Waals surface area contributed by atoms with Crippen LogP contribution >= 0.6 is 0 Å². The van der Waals surface area contributed by atoms with Crippen molar-refractivity contribution in [1.82, 2.24) is 4.90 Å². The molecule has 0 amide bonds. The van der Waals surface area contributed by atoms with E-state index in [1.54, 1.807) is 17.3 Å². The first-order valence-electron chi connectivity index (χ1n) is 8.65. The van der Waals surface area contributed by atoms with E-state index < -0.39 is 24.2 Å². The van der Waals surface area contributed by atoms with E-state index in [1.165, 1.54) is 14.0 Å². The first kappa shape index (κ1) is 25.2. The molecular formula is C19H29NO8. The van der Waals surface area contributed by atoms with E-state index in [0.717, 1.165) is 0 Å². The monoisotopic (exact) mass is 399 g/mol. The maximum atomic E-state index is 11.9. The van der Waals surface area contributed by atoms with Crippen molar-refractivity contribution >= 4 is 18.1 Å². The number of carbonyl (C=O) groups is 3. The molecule has 0 saturated carbocycles. The van der Waals surface area contributed by atoms with Crippen molar-refractivity contribution in [3.8, 4) is 0 Å². The van der Waals surface area contributed by atoms with Crippen LogP contribution in [-0.2, 0) is 33.3 Å². The smallest absolute Gasteiger partial charge is 0.462 e. The number of nitrogens with zero attached hydrogens (tertiary/aromatic N) is 1. The van der Waals surface area contributed by atoms with Gasteiger partial charge in [-0.2, -0.15) is 0 Å². The van der Waals surface area contributed by atoms with Gasteiger partial charge in [0, 0.05) is 19.2 Å².